The minimum absolute atomic E-state index is 0.00461. The zero-order valence-electron chi connectivity index (χ0n) is 9.59. The lowest BCUT2D eigenvalue weighted by Crippen LogP contribution is -2.15. The van der Waals surface area contributed by atoms with Crippen LogP contribution >= 0.6 is 0 Å². The minimum Gasteiger partial charge on any atom is -0.207 e. The van der Waals surface area contributed by atoms with Gasteiger partial charge in [-0.1, -0.05) is 37.3 Å². The largest absolute Gasteiger partial charge is 0.248 e. The van der Waals surface area contributed by atoms with Gasteiger partial charge in [-0.3, -0.25) is 0 Å². The molecule has 0 amide bonds. The predicted molar refractivity (Wildman–Crippen MR) is 63.5 cm³/mol. The van der Waals surface area contributed by atoms with E-state index >= 15 is 0 Å². The van der Waals surface area contributed by atoms with Crippen LogP contribution in [0.1, 0.15) is 37.7 Å². The van der Waals surface area contributed by atoms with Crippen LogP contribution in [0.5, 0.6) is 0 Å². The fraction of sp³-hybridized carbons (Fsp3) is 0.500. The first-order valence-corrected chi connectivity index (χ1v) is 5.85. The summed E-state index contributed by atoms with van der Waals surface area (Å²) in [5, 5.41) is 0. The summed E-state index contributed by atoms with van der Waals surface area (Å²) in [5.74, 6) is -2.52. The molecule has 0 aliphatic rings. The maximum absolute atomic E-state index is 13.1. The molecule has 0 saturated heterocycles. The molecule has 0 N–H and O–H groups in total. The van der Waals surface area contributed by atoms with Crippen LogP contribution in [0.4, 0.5) is 8.78 Å². The Morgan fingerprint density at radius 2 is 1.69 bits per heavy atom. The van der Waals surface area contributed by atoms with Crippen LogP contribution in [-0.2, 0) is 6.42 Å². The summed E-state index contributed by atoms with van der Waals surface area (Å²) in [6.07, 6.45) is 2.53. The van der Waals surface area contributed by atoms with E-state index in [1.807, 2.05) is 30.3 Å². The fourth-order valence-corrected chi connectivity index (χ4v) is 1.74. The third-order valence-corrected chi connectivity index (χ3v) is 2.64. The van der Waals surface area contributed by atoms with Gasteiger partial charge in [0.15, 0.2) is 0 Å². The molecule has 0 heterocycles. The number of alkyl halides is 2. The standard InChI is InChI=1S/C14H19F2/c1-2-11-14(15,16)12-7-6-10-13-8-4-3-5-9-13/h3-5,8-9H,1-2,6-7,10-12H2. The Kier molecular flexibility index (Phi) is 5.44. The first-order chi connectivity index (χ1) is 7.64. The molecule has 16 heavy (non-hydrogen) atoms. The minimum atomic E-state index is -2.52. The summed E-state index contributed by atoms with van der Waals surface area (Å²) in [4.78, 5) is 0. The van der Waals surface area contributed by atoms with Crippen molar-refractivity contribution in [1.29, 1.82) is 0 Å². The molecule has 1 aromatic carbocycles. The van der Waals surface area contributed by atoms with Gasteiger partial charge in [0.2, 0.25) is 5.92 Å². The van der Waals surface area contributed by atoms with Crippen LogP contribution in [0.25, 0.3) is 0 Å². The van der Waals surface area contributed by atoms with Crippen molar-refractivity contribution in [2.45, 2.75) is 44.4 Å². The Bertz CT molecular complexity index is 280. The molecule has 89 valence electrons. The van der Waals surface area contributed by atoms with Crippen LogP contribution < -0.4 is 0 Å². The van der Waals surface area contributed by atoms with Gasteiger partial charge in [-0.2, -0.15) is 0 Å². The van der Waals surface area contributed by atoms with Gasteiger partial charge in [-0.25, -0.2) is 8.78 Å². The third kappa shape index (κ3) is 5.24. The van der Waals surface area contributed by atoms with Gasteiger partial charge in [-0.05, 0) is 31.2 Å². The molecule has 0 atom stereocenters. The summed E-state index contributed by atoms with van der Waals surface area (Å²) in [7, 11) is 0. The van der Waals surface area contributed by atoms with E-state index in [2.05, 4.69) is 6.92 Å². The highest BCUT2D eigenvalue weighted by molar-refractivity contribution is 5.14. The molecule has 0 unspecified atom stereocenters. The number of rotatable bonds is 7. The Morgan fingerprint density at radius 1 is 1.00 bits per heavy atom. The number of aryl methyl sites for hydroxylation is 1. The lowest BCUT2D eigenvalue weighted by Gasteiger charge is -2.14. The molecule has 0 nitrogen and oxygen atoms in total. The van der Waals surface area contributed by atoms with Crippen molar-refractivity contribution in [1.82, 2.24) is 0 Å². The molecule has 0 spiro atoms. The zero-order valence-corrected chi connectivity index (χ0v) is 9.59. The summed E-state index contributed by atoms with van der Waals surface area (Å²) < 4.78 is 26.2. The van der Waals surface area contributed by atoms with Crippen molar-refractivity contribution in [3.05, 3.63) is 42.8 Å². The number of benzene rings is 1. The molecular weight excluding hydrogens is 206 g/mol. The summed E-state index contributed by atoms with van der Waals surface area (Å²) in [6.45, 7) is 3.47. The smallest absolute Gasteiger partial charge is 0.207 e. The van der Waals surface area contributed by atoms with Gasteiger partial charge in [0.25, 0.3) is 0 Å². The van der Waals surface area contributed by atoms with Gasteiger partial charge in [-0.15, -0.1) is 0 Å². The molecular formula is C14H19F2. The lowest BCUT2D eigenvalue weighted by molar-refractivity contribution is -0.0174. The predicted octanol–water partition coefficient (Wildman–Crippen LogP) is 4.65. The van der Waals surface area contributed by atoms with Crippen LogP contribution in [0.3, 0.4) is 0 Å². The van der Waals surface area contributed by atoms with Crippen molar-refractivity contribution >= 4 is 0 Å². The molecule has 0 fully saturated rings. The van der Waals surface area contributed by atoms with E-state index in [-0.39, 0.29) is 12.8 Å². The Morgan fingerprint density at radius 3 is 2.31 bits per heavy atom. The SMILES string of the molecule is [CH2]CCC(F)(F)CCCCc1ccccc1. The Balaban J connectivity index is 2.17. The number of halogens is 2. The third-order valence-electron chi connectivity index (χ3n) is 2.64. The highest BCUT2D eigenvalue weighted by Crippen LogP contribution is 2.26. The van der Waals surface area contributed by atoms with E-state index in [9.17, 15) is 8.78 Å². The second-order valence-corrected chi connectivity index (χ2v) is 4.15. The highest BCUT2D eigenvalue weighted by atomic mass is 19.3. The second kappa shape index (κ2) is 6.62. The molecule has 0 bridgehead atoms. The quantitative estimate of drug-likeness (QED) is 0.592. The van der Waals surface area contributed by atoms with Gasteiger partial charge in [0.05, 0.1) is 0 Å². The van der Waals surface area contributed by atoms with Gasteiger partial charge in [0.1, 0.15) is 0 Å². The second-order valence-electron chi connectivity index (χ2n) is 4.15. The number of hydrogen-bond acceptors (Lipinski definition) is 0. The number of unbranched alkanes of at least 4 members (excludes halogenated alkanes) is 1. The van der Waals surface area contributed by atoms with Gasteiger partial charge < -0.3 is 0 Å². The first kappa shape index (κ1) is 13.1. The van der Waals surface area contributed by atoms with E-state index in [4.69, 9.17) is 0 Å². The summed E-state index contributed by atoms with van der Waals surface area (Å²) >= 11 is 0. The Hall–Kier alpha value is -0.920. The van der Waals surface area contributed by atoms with Gasteiger partial charge in [0, 0.05) is 12.8 Å². The van der Waals surface area contributed by atoms with Crippen LogP contribution in [0.15, 0.2) is 30.3 Å². The number of hydrogen-bond donors (Lipinski definition) is 0. The molecule has 0 aromatic heterocycles. The lowest BCUT2D eigenvalue weighted by atomic mass is 10.0. The fourth-order valence-electron chi connectivity index (χ4n) is 1.74. The van der Waals surface area contributed by atoms with Crippen molar-refractivity contribution < 1.29 is 8.78 Å². The molecule has 0 aliphatic carbocycles. The van der Waals surface area contributed by atoms with E-state index in [1.165, 1.54) is 5.56 Å². The molecule has 2 heteroatoms. The summed E-state index contributed by atoms with van der Waals surface area (Å²) in [6, 6.07) is 9.99. The van der Waals surface area contributed by atoms with E-state index in [0.717, 1.165) is 12.8 Å². The van der Waals surface area contributed by atoms with Crippen molar-refractivity contribution in [3.63, 3.8) is 0 Å². The van der Waals surface area contributed by atoms with E-state index < -0.39 is 5.92 Å². The molecule has 1 rings (SSSR count). The topological polar surface area (TPSA) is 0 Å². The highest BCUT2D eigenvalue weighted by Gasteiger charge is 2.26. The monoisotopic (exact) mass is 225 g/mol. The van der Waals surface area contributed by atoms with Crippen LogP contribution in [-0.4, -0.2) is 5.92 Å². The first-order valence-electron chi connectivity index (χ1n) is 5.85. The van der Waals surface area contributed by atoms with E-state index in [1.54, 1.807) is 0 Å². The normalized spacial score (nSPS) is 11.7. The molecule has 0 saturated carbocycles. The molecule has 1 radical (unpaired) electrons. The van der Waals surface area contributed by atoms with Crippen molar-refractivity contribution in [2.24, 2.45) is 0 Å². The average Bonchev–Trinajstić information content (AvgIpc) is 2.26. The maximum atomic E-state index is 13.1. The van der Waals surface area contributed by atoms with Crippen molar-refractivity contribution in [2.75, 3.05) is 0 Å². The maximum Gasteiger partial charge on any atom is 0.248 e. The Labute approximate surface area is 96.7 Å². The zero-order chi connectivity index (χ0) is 11.9. The van der Waals surface area contributed by atoms with Crippen molar-refractivity contribution in [3.8, 4) is 0 Å². The average molecular weight is 225 g/mol. The summed E-state index contributed by atoms with van der Waals surface area (Å²) in [5.41, 5.74) is 1.22. The van der Waals surface area contributed by atoms with Crippen LogP contribution in [0, 0.1) is 6.92 Å². The van der Waals surface area contributed by atoms with E-state index in [0.29, 0.717) is 12.8 Å². The van der Waals surface area contributed by atoms with Crippen LogP contribution in [0.2, 0.25) is 0 Å². The van der Waals surface area contributed by atoms with Gasteiger partial charge >= 0.3 is 0 Å². The molecule has 1 aromatic rings. The molecule has 0 aliphatic heterocycles.